The molecule has 8 heteroatoms. The molecule has 2 amide bonds. The number of aromatic nitrogens is 2. The molecule has 4 rings (SSSR count). The van der Waals surface area contributed by atoms with Crippen LogP contribution >= 0.6 is 0 Å². The number of likely N-dealkylation sites (tertiary alicyclic amines) is 1. The zero-order valence-electron chi connectivity index (χ0n) is 17.4. The van der Waals surface area contributed by atoms with Crippen LogP contribution in [0.5, 0.6) is 0 Å². The van der Waals surface area contributed by atoms with Crippen molar-refractivity contribution in [3.63, 3.8) is 0 Å². The third kappa shape index (κ3) is 5.57. The summed E-state index contributed by atoms with van der Waals surface area (Å²) in [6.07, 6.45) is 8.30. The molecule has 0 spiro atoms. The van der Waals surface area contributed by atoms with Gasteiger partial charge < -0.3 is 19.9 Å². The van der Waals surface area contributed by atoms with Gasteiger partial charge in [0, 0.05) is 38.9 Å². The topological polar surface area (TPSA) is 79.7 Å². The summed E-state index contributed by atoms with van der Waals surface area (Å²) >= 11 is 0. The maximum atomic E-state index is 12.3. The van der Waals surface area contributed by atoms with Crippen molar-refractivity contribution in [2.24, 2.45) is 11.8 Å². The van der Waals surface area contributed by atoms with Crippen molar-refractivity contribution < 1.29 is 14.3 Å². The third-order valence-corrected chi connectivity index (χ3v) is 6.33. The van der Waals surface area contributed by atoms with E-state index >= 15 is 0 Å². The Bertz CT molecular complexity index is 709. The smallest absolute Gasteiger partial charge is 0.254 e. The zero-order chi connectivity index (χ0) is 20.2. The summed E-state index contributed by atoms with van der Waals surface area (Å²) in [5, 5.41) is 7.04. The van der Waals surface area contributed by atoms with E-state index in [1.54, 1.807) is 17.1 Å². The highest BCUT2D eigenvalue weighted by Gasteiger charge is 2.31. The molecule has 29 heavy (non-hydrogen) atoms. The highest BCUT2D eigenvalue weighted by molar-refractivity contribution is 5.93. The van der Waals surface area contributed by atoms with Gasteiger partial charge >= 0.3 is 0 Å². The van der Waals surface area contributed by atoms with Gasteiger partial charge in [-0.15, -0.1) is 0 Å². The van der Waals surface area contributed by atoms with E-state index in [1.165, 1.54) is 32.2 Å². The first-order valence-electron chi connectivity index (χ1n) is 11.0. The van der Waals surface area contributed by atoms with Gasteiger partial charge in [0.05, 0.1) is 17.9 Å². The van der Waals surface area contributed by atoms with Crippen molar-refractivity contribution in [3.05, 3.63) is 18.0 Å². The molecule has 2 aliphatic heterocycles. The molecule has 3 aliphatic rings. The minimum absolute atomic E-state index is 0.0669. The van der Waals surface area contributed by atoms with Gasteiger partial charge in [-0.2, -0.15) is 5.10 Å². The third-order valence-electron chi connectivity index (χ3n) is 6.33. The van der Waals surface area contributed by atoms with Crippen molar-refractivity contribution in [2.75, 3.05) is 45.9 Å². The van der Waals surface area contributed by atoms with Crippen molar-refractivity contribution in [3.8, 4) is 0 Å². The molecule has 1 unspecified atom stereocenters. The molecule has 1 aliphatic carbocycles. The van der Waals surface area contributed by atoms with E-state index in [4.69, 9.17) is 4.74 Å². The molecule has 3 fully saturated rings. The predicted octanol–water partition coefficient (Wildman–Crippen LogP) is 0.982. The van der Waals surface area contributed by atoms with Crippen LogP contribution in [-0.4, -0.2) is 83.4 Å². The number of nitrogens with zero attached hydrogens (tertiary/aromatic N) is 4. The first-order chi connectivity index (χ1) is 14.1. The van der Waals surface area contributed by atoms with Gasteiger partial charge in [-0.25, -0.2) is 0 Å². The van der Waals surface area contributed by atoms with Crippen molar-refractivity contribution >= 4 is 11.8 Å². The Morgan fingerprint density at radius 3 is 2.66 bits per heavy atom. The van der Waals surface area contributed by atoms with Crippen LogP contribution in [0.2, 0.25) is 0 Å². The Kier molecular flexibility index (Phi) is 6.50. The van der Waals surface area contributed by atoms with E-state index in [1.807, 2.05) is 11.8 Å². The van der Waals surface area contributed by atoms with Crippen LogP contribution in [0.4, 0.5) is 0 Å². The van der Waals surface area contributed by atoms with Gasteiger partial charge in [-0.3, -0.25) is 14.3 Å². The molecule has 1 saturated carbocycles. The first kappa shape index (κ1) is 20.3. The van der Waals surface area contributed by atoms with Gasteiger partial charge in [0.15, 0.2) is 0 Å². The van der Waals surface area contributed by atoms with Gasteiger partial charge in [0.25, 0.3) is 5.91 Å². The highest BCUT2D eigenvalue weighted by atomic mass is 16.5. The number of rotatable bonds is 8. The molecule has 160 valence electrons. The lowest BCUT2D eigenvalue weighted by molar-refractivity contribution is -0.149. The van der Waals surface area contributed by atoms with E-state index in [9.17, 15) is 9.59 Å². The lowest BCUT2D eigenvalue weighted by Crippen LogP contribution is -2.52. The average Bonchev–Trinajstić information content (AvgIpc) is 3.41. The van der Waals surface area contributed by atoms with E-state index in [0.29, 0.717) is 24.6 Å². The van der Waals surface area contributed by atoms with Gasteiger partial charge in [0.1, 0.15) is 6.61 Å². The zero-order valence-corrected chi connectivity index (χ0v) is 17.4. The van der Waals surface area contributed by atoms with E-state index < -0.39 is 0 Å². The average molecular weight is 404 g/mol. The fraction of sp³-hybridized carbons (Fsp3) is 0.762. The van der Waals surface area contributed by atoms with Crippen molar-refractivity contribution in [2.45, 2.75) is 45.3 Å². The standard InChI is InChI=1S/C21H33N5O3/c1-2-26-13-18(9-23-26)21(28)22-10-19-14-25(20(27)15-29-19)12-17-5-7-24(8-6-17)11-16-3-4-16/h9,13,16-17,19H,2-8,10-12,14-15H2,1H3,(H,22,28). The fourth-order valence-electron chi connectivity index (χ4n) is 4.27. The summed E-state index contributed by atoms with van der Waals surface area (Å²) < 4.78 is 7.38. The molecule has 2 saturated heterocycles. The number of aryl methyl sites for hydroxylation is 1. The number of piperidine rings is 1. The molecule has 0 radical (unpaired) electrons. The largest absolute Gasteiger partial charge is 0.365 e. The summed E-state index contributed by atoms with van der Waals surface area (Å²) in [5.74, 6) is 1.43. The van der Waals surface area contributed by atoms with Crippen LogP contribution in [0.25, 0.3) is 0 Å². The fourth-order valence-corrected chi connectivity index (χ4v) is 4.27. The number of hydrogen-bond donors (Lipinski definition) is 1. The monoisotopic (exact) mass is 403 g/mol. The lowest BCUT2D eigenvalue weighted by atomic mass is 9.95. The van der Waals surface area contributed by atoms with Gasteiger partial charge in [0.2, 0.25) is 5.91 Å². The van der Waals surface area contributed by atoms with Gasteiger partial charge in [-0.1, -0.05) is 0 Å². The number of carbonyl (C=O) groups is 2. The minimum atomic E-state index is -0.159. The second kappa shape index (κ2) is 9.26. The summed E-state index contributed by atoms with van der Waals surface area (Å²) in [5.41, 5.74) is 0.550. The molecular weight excluding hydrogens is 370 g/mol. The molecular formula is C21H33N5O3. The number of ether oxygens (including phenoxy) is 1. The number of morpholine rings is 1. The number of hydrogen-bond acceptors (Lipinski definition) is 5. The summed E-state index contributed by atoms with van der Waals surface area (Å²) in [7, 11) is 0. The van der Waals surface area contributed by atoms with E-state index in [0.717, 1.165) is 32.1 Å². The SMILES string of the molecule is CCn1cc(C(=O)NCC2CN(CC3CCN(CC4CC4)CC3)C(=O)CO2)cn1. The second-order valence-corrected chi connectivity index (χ2v) is 8.71. The maximum Gasteiger partial charge on any atom is 0.254 e. The Morgan fingerprint density at radius 1 is 1.21 bits per heavy atom. The number of nitrogens with one attached hydrogen (secondary N) is 1. The molecule has 1 N–H and O–H groups in total. The Labute approximate surface area is 172 Å². The normalized spacial score (nSPS) is 24.1. The van der Waals surface area contributed by atoms with E-state index in [-0.39, 0.29) is 24.5 Å². The van der Waals surface area contributed by atoms with Crippen LogP contribution in [0.1, 0.15) is 43.0 Å². The number of amides is 2. The minimum Gasteiger partial charge on any atom is -0.365 e. The molecule has 1 aromatic rings. The first-order valence-corrected chi connectivity index (χ1v) is 11.0. The summed E-state index contributed by atoms with van der Waals surface area (Å²) in [6.45, 7) is 8.16. The maximum absolute atomic E-state index is 12.3. The molecule has 1 atom stereocenters. The lowest BCUT2D eigenvalue weighted by Gasteiger charge is -2.38. The highest BCUT2D eigenvalue weighted by Crippen LogP contribution is 2.31. The van der Waals surface area contributed by atoms with Crippen LogP contribution in [0.15, 0.2) is 12.4 Å². The quantitative estimate of drug-likeness (QED) is 0.700. The van der Waals surface area contributed by atoms with Crippen LogP contribution in [0, 0.1) is 11.8 Å². The molecule has 0 bridgehead atoms. The Hall–Kier alpha value is -1.93. The predicted molar refractivity (Wildman–Crippen MR) is 108 cm³/mol. The van der Waals surface area contributed by atoms with Crippen LogP contribution < -0.4 is 5.32 Å². The Morgan fingerprint density at radius 2 is 1.97 bits per heavy atom. The van der Waals surface area contributed by atoms with Crippen molar-refractivity contribution in [1.82, 2.24) is 24.9 Å². The molecule has 3 heterocycles. The number of carbonyl (C=O) groups excluding carboxylic acids is 2. The molecule has 8 nitrogen and oxygen atoms in total. The van der Waals surface area contributed by atoms with E-state index in [2.05, 4.69) is 15.3 Å². The van der Waals surface area contributed by atoms with Crippen LogP contribution in [0.3, 0.4) is 0 Å². The van der Waals surface area contributed by atoms with Gasteiger partial charge in [-0.05, 0) is 57.5 Å². The summed E-state index contributed by atoms with van der Waals surface area (Å²) in [6, 6.07) is 0. The second-order valence-electron chi connectivity index (χ2n) is 8.71. The Balaban J connectivity index is 1.20. The molecule has 0 aromatic carbocycles. The van der Waals surface area contributed by atoms with Crippen molar-refractivity contribution in [1.29, 1.82) is 0 Å². The summed E-state index contributed by atoms with van der Waals surface area (Å²) in [4.78, 5) is 29.1. The van der Waals surface area contributed by atoms with Crippen LogP contribution in [-0.2, 0) is 16.1 Å². The molecule has 1 aromatic heterocycles.